The van der Waals surface area contributed by atoms with Crippen molar-refractivity contribution in [1.29, 1.82) is 0 Å². The zero-order valence-electron chi connectivity index (χ0n) is 13.5. The second kappa shape index (κ2) is 8.85. The van der Waals surface area contributed by atoms with Crippen molar-refractivity contribution in [2.24, 2.45) is 11.8 Å². The van der Waals surface area contributed by atoms with Crippen LogP contribution in [0.5, 0.6) is 11.5 Å². The molecule has 20 heavy (non-hydrogen) atoms. The van der Waals surface area contributed by atoms with Crippen molar-refractivity contribution in [2.45, 2.75) is 40.7 Å². The van der Waals surface area contributed by atoms with Gasteiger partial charge in [0.1, 0.15) is 0 Å². The first kappa shape index (κ1) is 16.8. The Labute approximate surface area is 123 Å². The van der Waals surface area contributed by atoms with Crippen molar-refractivity contribution in [2.75, 3.05) is 20.3 Å². The zero-order chi connectivity index (χ0) is 15.0. The largest absolute Gasteiger partial charge is 0.493 e. The summed E-state index contributed by atoms with van der Waals surface area (Å²) in [6.07, 6.45) is 1.05. The summed E-state index contributed by atoms with van der Waals surface area (Å²) in [6.45, 7) is 11.4. The van der Waals surface area contributed by atoms with Crippen molar-refractivity contribution < 1.29 is 9.47 Å². The van der Waals surface area contributed by atoms with Crippen LogP contribution in [-0.4, -0.2) is 20.3 Å². The van der Waals surface area contributed by atoms with E-state index in [0.29, 0.717) is 11.8 Å². The Morgan fingerprint density at radius 1 is 1.10 bits per heavy atom. The van der Waals surface area contributed by atoms with Crippen LogP contribution in [0, 0.1) is 11.8 Å². The van der Waals surface area contributed by atoms with Crippen molar-refractivity contribution in [3.8, 4) is 11.5 Å². The summed E-state index contributed by atoms with van der Waals surface area (Å²) in [5.41, 5.74) is 1.16. The molecule has 0 saturated carbocycles. The lowest BCUT2D eigenvalue weighted by Gasteiger charge is -2.16. The van der Waals surface area contributed by atoms with Gasteiger partial charge < -0.3 is 14.8 Å². The molecule has 0 amide bonds. The Morgan fingerprint density at radius 3 is 2.45 bits per heavy atom. The van der Waals surface area contributed by atoms with Gasteiger partial charge in [0.25, 0.3) is 0 Å². The molecule has 0 aliphatic carbocycles. The quantitative estimate of drug-likeness (QED) is 0.744. The van der Waals surface area contributed by atoms with E-state index in [1.54, 1.807) is 7.11 Å². The van der Waals surface area contributed by atoms with Crippen LogP contribution in [0.2, 0.25) is 0 Å². The van der Waals surface area contributed by atoms with Crippen molar-refractivity contribution in [3.63, 3.8) is 0 Å². The Balaban J connectivity index is 2.70. The molecule has 3 heteroatoms. The summed E-state index contributed by atoms with van der Waals surface area (Å²) in [5.74, 6) is 2.99. The van der Waals surface area contributed by atoms with Gasteiger partial charge in [0.05, 0.1) is 13.7 Å². The molecular formula is C17H29NO2. The molecule has 0 saturated heterocycles. The fourth-order valence-corrected chi connectivity index (χ4v) is 1.92. The summed E-state index contributed by atoms with van der Waals surface area (Å²) in [5, 5.41) is 3.46. The standard InChI is InChI=1S/C17H29NO2/c1-13(2)9-10-20-17-15(12-18-11-14(3)4)7-6-8-16(17)19-5/h6-8,13-14,18H,9-12H2,1-5H3. The normalized spacial score (nSPS) is 11.2. The zero-order valence-corrected chi connectivity index (χ0v) is 13.5. The first-order chi connectivity index (χ1) is 9.54. The third kappa shape index (κ3) is 5.83. The summed E-state index contributed by atoms with van der Waals surface area (Å²) in [7, 11) is 1.69. The molecular weight excluding hydrogens is 250 g/mol. The summed E-state index contributed by atoms with van der Waals surface area (Å²) < 4.78 is 11.4. The van der Waals surface area contributed by atoms with Crippen LogP contribution in [0.15, 0.2) is 18.2 Å². The Morgan fingerprint density at radius 2 is 1.85 bits per heavy atom. The third-order valence-electron chi connectivity index (χ3n) is 3.09. The fraction of sp³-hybridized carbons (Fsp3) is 0.647. The smallest absolute Gasteiger partial charge is 0.165 e. The van der Waals surface area contributed by atoms with Crippen LogP contribution in [0.4, 0.5) is 0 Å². The van der Waals surface area contributed by atoms with Crippen LogP contribution in [-0.2, 0) is 6.54 Å². The van der Waals surface area contributed by atoms with E-state index in [-0.39, 0.29) is 0 Å². The highest BCUT2D eigenvalue weighted by Crippen LogP contribution is 2.31. The Kier molecular flexibility index (Phi) is 7.45. The van der Waals surface area contributed by atoms with Crippen molar-refractivity contribution in [3.05, 3.63) is 23.8 Å². The molecule has 114 valence electrons. The van der Waals surface area contributed by atoms with E-state index in [1.807, 2.05) is 12.1 Å². The van der Waals surface area contributed by atoms with Gasteiger partial charge in [-0.1, -0.05) is 39.8 Å². The molecule has 0 spiro atoms. The van der Waals surface area contributed by atoms with Crippen LogP contribution in [0.1, 0.15) is 39.7 Å². The molecule has 3 nitrogen and oxygen atoms in total. The van der Waals surface area contributed by atoms with E-state index in [2.05, 4.69) is 39.1 Å². The molecule has 1 aromatic rings. The lowest BCUT2D eigenvalue weighted by atomic mass is 10.1. The number of methoxy groups -OCH3 is 1. The van der Waals surface area contributed by atoms with Gasteiger partial charge in [-0.3, -0.25) is 0 Å². The first-order valence-corrected chi connectivity index (χ1v) is 7.54. The second-order valence-electron chi connectivity index (χ2n) is 6.00. The minimum absolute atomic E-state index is 0.644. The molecule has 1 N–H and O–H groups in total. The minimum Gasteiger partial charge on any atom is -0.493 e. The van der Waals surface area contributed by atoms with Crippen LogP contribution in [0.25, 0.3) is 0 Å². The minimum atomic E-state index is 0.644. The average Bonchev–Trinajstić information content (AvgIpc) is 2.39. The molecule has 0 aromatic heterocycles. The topological polar surface area (TPSA) is 30.5 Å². The molecule has 1 rings (SSSR count). The molecule has 0 fully saturated rings. The Bertz CT molecular complexity index is 389. The van der Waals surface area contributed by atoms with E-state index in [9.17, 15) is 0 Å². The fourth-order valence-electron chi connectivity index (χ4n) is 1.92. The highest BCUT2D eigenvalue weighted by Gasteiger charge is 2.10. The lowest BCUT2D eigenvalue weighted by molar-refractivity contribution is 0.269. The van der Waals surface area contributed by atoms with Crippen LogP contribution < -0.4 is 14.8 Å². The van der Waals surface area contributed by atoms with Crippen LogP contribution >= 0.6 is 0 Å². The molecule has 0 aliphatic rings. The predicted molar refractivity (Wildman–Crippen MR) is 84.5 cm³/mol. The number of hydrogen-bond donors (Lipinski definition) is 1. The van der Waals surface area contributed by atoms with E-state index in [1.165, 1.54) is 0 Å². The first-order valence-electron chi connectivity index (χ1n) is 7.54. The number of nitrogens with one attached hydrogen (secondary N) is 1. The maximum Gasteiger partial charge on any atom is 0.165 e. The molecule has 1 aromatic carbocycles. The second-order valence-corrected chi connectivity index (χ2v) is 6.00. The molecule has 0 aliphatic heterocycles. The maximum absolute atomic E-state index is 5.96. The van der Waals surface area contributed by atoms with E-state index >= 15 is 0 Å². The number of para-hydroxylation sites is 1. The predicted octanol–water partition coefficient (Wildman–Crippen LogP) is 3.87. The summed E-state index contributed by atoms with van der Waals surface area (Å²) in [4.78, 5) is 0. The molecule has 0 bridgehead atoms. The summed E-state index contributed by atoms with van der Waals surface area (Å²) in [6, 6.07) is 6.07. The molecule has 0 atom stereocenters. The number of hydrogen-bond acceptors (Lipinski definition) is 3. The Hall–Kier alpha value is -1.22. The van der Waals surface area contributed by atoms with E-state index in [0.717, 1.165) is 43.2 Å². The van der Waals surface area contributed by atoms with Gasteiger partial charge >= 0.3 is 0 Å². The maximum atomic E-state index is 5.96. The van der Waals surface area contributed by atoms with Crippen molar-refractivity contribution in [1.82, 2.24) is 5.32 Å². The SMILES string of the molecule is COc1cccc(CNCC(C)C)c1OCCC(C)C. The highest BCUT2D eigenvalue weighted by molar-refractivity contribution is 5.46. The number of rotatable bonds is 9. The highest BCUT2D eigenvalue weighted by atomic mass is 16.5. The molecule has 0 heterocycles. The van der Waals surface area contributed by atoms with Gasteiger partial charge in [-0.2, -0.15) is 0 Å². The number of benzene rings is 1. The summed E-state index contributed by atoms with van der Waals surface area (Å²) >= 11 is 0. The lowest BCUT2D eigenvalue weighted by Crippen LogP contribution is -2.19. The number of ether oxygens (including phenoxy) is 2. The van der Waals surface area contributed by atoms with E-state index < -0.39 is 0 Å². The molecule has 0 unspecified atom stereocenters. The van der Waals surface area contributed by atoms with E-state index in [4.69, 9.17) is 9.47 Å². The van der Waals surface area contributed by atoms with Gasteiger partial charge in [0, 0.05) is 12.1 Å². The van der Waals surface area contributed by atoms with Crippen LogP contribution in [0.3, 0.4) is 0 Å². The molecule has 0 radical (unpaired) electrons. The third-order valence-corrected chi connectivity index (χ3v) is 3.09. The van der Waals surface area contributed by atoms with Crippen molar-refractivity contribution >= 4 is 0 Å². The van der Waals surface area contributed by atoms with Gasteiger partial charge in [0.2, 0.25) is 0 Å². The average molecular weight is 279 g/mol. The van der Waals surface area contributed by atoms with Gasteiger partial charge in [0.15, 0.2) is 11.5 Å². The van der Waals surface area contributed by atoms with Gasteiger partial charge in [-0.05, 0) is 30.9 Å². The van der Waals surface area contributed by atoms with Gasteiger partial charge in [-0.15, -0.1) is 0 Å². The van der Waals surface area contributed by atoms with Gasteiger partial charge in [-0.25, -0.2) is 0 Å². The monoisotopic (exact) mass is 279 g/mol.